The predicted molar refractivity (Wildman–Crippen MR) is 346 cm³/mol. The first-order chi connectivity index (χ1) is 51.1. The molecule has 0 atom stereocenters. The number of hydrogen-bond acceptors (Lipinski definition) is 11. The Morgan fingerprint density at radius 1 is 0.524 bits per heavy atom. The van der Waals surface area contributed by atoms with Gasteiger partial charge in [-0.15, -0.1) is 82.9 Å². The van der Waals surface area contributed by atoms with E-state index in [1.807, 2.05) is 60.7 Å². The molecule has 0 bridgehead atoms. The summed E-state index contributed by atoms with van der Waals surface area (Å²) in [6.07, 6.45) is 5.35. The third-order valence-corrected chi connectivity index (χ3v) is 13.1. The Morgan fingerprint density at radius 3 is 1.41 bits per heavy atom. The van der Waals surface area contributed by atoms with Gasteiger partial charge in [0.25, 0.3) is 0 Å². The number of benzene rings is 6. The summed E-state index contributed by atoms with van der Waals surface area (Å²) < 4.78 is 250. The van der Waals surface area contributed by atoms with E-state index >= 15 is 0 Å². The van der Waals surface area contributed by atoms with Crippen LogP contribution in [-0.4, -0.2) is 63.6 Å². The molecule has 9 nitrogen and oxygen atoms in total. The van der Waals surface area contributed by atoms with Gasteiger partial charge in [0, 0.05) is 140 Å². The third-order valence-electron chi connectivity index (χ3n) is 10.7. The van der Waals surface area contributed by atoms with Gasteiger partial charge in [-0.1, -0.05) is 127 Å². The molecule has 0 fully saturated rings. The van der Waals surface area contributed by atoms with E-state index in [1.54, 1.807) is 59.9 Å². The summed E-state index contributed by atoms with van der Waals surface area (Å²) in [6, 6.07) is 45.0. The van der Waals surface area contributed by atoms with Crippen molar-refractivity contribution in [2.24, 2.45) is 0 Å². The van der Waals surface area contributed by atoms with E-state index in [9.17, 15) is 0 Å². The maximum Gasteiger partial charge on any atom is 0.0916 e. The van der Waals surface area contributed by atoms with Crippen LogP contribution in [0.4, 0.5) is 0 Å². The van der Waals surface area contributed by atoms with E-state index in [0.29, 0.717) is 34.2 Å². The molecule has 6 aromatic carbocycles. The molecule has 6 heterocycles. The minimum atomic E-state index is -3.92. The minimum absolute atomic E-state index is 0. The molecule has 2 radical (unpaired) electrons. The maximum absolute atomic E-state index is 9.08. The first kappa shape index (κ1) is 37.6. The van der Waals surface area contributed by atoms with Crippen molar-refractivity contribution in [2.45, 2.75) is 62.3 Å². The van der Waals surface area contributed by atoms with E-state index in [4.69, 9.17) is 66.4 Å². The number of aromatic nitrogens is 4. The van der Waals surface area contributed by atoms with Gasteiger partial charge >= 0.3 is 0 Å². The molecule has 82 heavy (non-hydrogen) atoms. The predicted octanol–water partition coefficient (Wildman–Crippen LogP) is 17.6. The average molecular weight is 1540 g/mol. The number of aliphatic hydroxyl groups is 2. The van der Waals surface area contributed by atoms with E-state index < -0.39 is 58.1 Å². The van der Waals surface area contributed by atoms with Crippen LogP contribution in [0.1, 0.15) is 96.5 Å². The van der Waals surface area contributed by atoms with Gasteiger partial charge in [0.15, 0.2) is 0 Å². The van der Waals surface area contributed by atoms with Crippen LogP contribution in [0.2, 0.25) is 0 Å². The van der Waals surface area contributed by atoms with Gasteiger partial charge in [0.2, 0.25) is 0 Å². The molecule has 0 spiro atoms. The van der Waals surface area contributed by atoms with Gasteiger partial charge < -0.3 is 29.7 Å². The van der Waals surface area contributed by atoms with Gasteiger partial charge in [-0.05, 0) is 131 Å². The number of pyridine rings is 4. The van der Waals surface area contributed by atoms with Crippen molar-refractivity contribution in [1.82, 2.24) is 19.9 Å². The fourth-order valence-corrected chi connectivity index (χ4v) is 9.57. The zero-order valence-electron chi connectivity index (χ0n) is 74.2. The smallest absolute Gasteiger partial charge is 0.0916 e. The van der Waals surface area contributed by atoms with Crippen LogP contribution in [0.25, 0.3) is 85.4 Å². The van der Waals surface area contributed by atoms with Crippen LogP contribution >= 0.6 is 22.7 Å². The number of aryl methyl sites for hydroxylation is 8. The molecule has 12 rings (SSSR count). The molecule has 0 aliphatic heterocycles. The third kappa shape index (κ3) is 19.3. The first-order valence-electron chi connectivity index (χ1n) is 38.6. The molecule has 0 aliphatic carbocycles. The minimum Gasteiger partial charge on any atom is -0.748 e. The second-order valence-electron chi connectivity index (χ2n) is 16.2. The monoisotopic (exact) mass is 1540 g/mol. The van der Waals surface area contributed by atoms with Gasteiger partial charge in [-0.3, -0.25) is 4.98 Å². The number of fused-ring (bicyclic) bond motifs is 6. The van der Waals surface area contributed by atoms with Crippen LogP contribution in [0, 0.1) is 73.1 Å². The molecular weight excluding hydrogens is 1430 g/mol. The summed E-state index contributed by atoms with van der Waals surface area (Å²) in [6.45, 7) is -15.0. The zero-order valence-corrected chi connectivity index (χ0v) is 50.5. The Morgan fingerprint density at radius 2 is 0.963 bits per heavy atom. The van der Waals surface area contributed by atoms with E-state index in [2.05, 4.69) is 38.1 Å². The van der Waals surface area contributed by atoms with Gasteiger partial charge in [-0.25, -0.2) is 8.42 Å². The summed E-state index contributed by atoms with van der Waals surface area (Å²) in [5, 5.41) is 18.3. The summed E-state index contributed by atoms with van der Waals surface area (Å²) in [4.78, 5) is 16.6. The molecule has 6 aromatic heterocycles. The quantitative estimate of drug-likeness (QED) is 0.130. The van der Waals surface area contributed by atoms with Crippen LogP contribution in [0.3, 0.4) is 0 Å². The van der Waals surface area contributed by atoms with Crippen molar-refractivity contribution in [3.8, 4) is 45.0 Å². The van der Waals surface area contributed by atoms with Crippen LogP contribution in [-0.2, 0) is 50.3 Å². The Labute approximate surface area is 565 Å². The molecule has 0 aliphatic rings. The standard InChI is InChI=1S/2C18H12NS.C14H15N.C14H14N.CH4O3S.2CH4O.CH4.2Ir.4H2/c2*1-12-9-10-16(19-11-12)15-7-4-6-14-13-5-2-3-8-17(13)20-18(14)15;2*1-10-4-6-13(7-5-10)14-8-11(2)12(3)9-15-14;1-5(2,3)4;2*1-2;;;;;;;/h2*2-6,8-11H,1H3;4-9H,1-3H3;4-6,8-9H,1-3H3;1H3,(H,2,3,4);2*2H,1H3;1H4;;;4*1H/q2*-1;;-1;;;;;;;;;;/p-1/i2*1D3,9D,10D;1D3,3D3;1D3,2D3,3D3;;;;;;;3*1+1D;1+1. The fourth-order valence-electron chi connectivity index (χ4n) is 7.17. The van der Waals surface area contributed by atoms with E-state index in [-0.39, 0.29) is 129 Å². The molecule has 0 unspecified atom stereocenters. The Kier molecular flexibility index (Phi) is 15.4. The zero-order chi connectivity index (χ0) is 84.2. The Bertz CT molecular complexity index is 4930. The van der Waals surface area contributed by atoms with Crippen LogP contribution in [0.15, 0.2) is 176 Å². The molecule has 12 aromatic rings. The van der Waals surface area contributed by atoms with E-state index in [0.717, 1.165) is 66.3 Å². The van der Waals surface area contributed by atoms with Crippen molar-refractivity contribution in [3.05, 3.63) is 239 Å². The number of nitrogens with zero attached hydrogens (tertiary/aromatic N) is 4. The molecule has 0 saturated heterocycles. The Balaban J connectivity index is 0. The summed E-state index contributed by atoms with van der Waals surface area (Å²) >= 11 is 3.16. The van der Waals surface area contributed by atoms with Gasteiger partial charge in [0.1, 0.15) is 0 Å². The summed E-state index contributed by atoms with van der Waals surface area (Å²) in [5.74, 6) is 0. The van der Waals surface area contributed by atoms with Crippen molar-refractivity contribution < 1.29 is 108 Å². The van der Waals surface area contributed by atoms with E-state index in [1.165, 1.54) is 55.0 Å². The molecular formula is C68H76Ir2N4O5S3-4. The number of thiophene rings is 2. The number of aliphatic hydroxyl groups excluding tert-OH is 2. The van der Waals surface area contributed by atoms with Crippen LogP contribution < -0.4 is 0 Å². The molecule has 2 N–H and O–H groups in total. The second-order valence-corrected chi connectivity index (χ2v) is 19.7. The van der Waals surface area contributed by atoms with Crippen LogP contribution in [0.5, 0.6) is 0 Å². The molecule has 0 amide bonds. The second kappa shape index (κ2) is 33.6. The summed E-state index contributed by atoms with van der Waals surface area (Å²) in [5.41, 5.74) is 4.00. The van der Waals surface area contributed by atoms with Crippen molar-refractivity contribution in [3.63, 3.8) is 0 Å². The van der Waals surface area contributed by atoms with Crippen molar-refractivity contribution in [1.29, 1.82) is 0 Å². The largest absolute Gasteiger partial charge is 0.748 e. The van der Waals surface area contributed by atoms with Gasteiger partial charge in [0.05, 0.1) is 21.3 Å². The first-order valence-corrected chi connectivity index (χ1v) is 26.6. The number of rotatable bonds is 4. The summed E-state index contributed by atoms with van der Waals surface area (Å²) in [7, 11) is -1.92. The topological polar surface area (TPSA) is 149 Å². The fraction of sp³-hybridized carbons (Fsp3) is 0.176. The number of hydrogen-bond donors (Lipinski definition) is 2. The van der Waals surface area contributed by atoms with Gasteiger partial charge in [-0.2, -0.15) is 22.7 Å². The molecule has 0 saturated carbocycles. The van der Waals surface area contributed by atoms with Crippen molar-refractivity contribution >= 4 is 73.1 Å². The normalized spacial score (nSPS) is 16.0. The molecule has 14 heteroatoms. The van der Waals surface area contributed by atoms with Crippen molar-refractivity contribution in [2.75, 3.05) is 20.5 Å². The maximum atomic E-state index is 9.08. The SMILES string of the molecule is C.CO.CO.CS(=O)(=O)[O-].[2HH].[2H]C([2H])([2H])c1c[c-]c(-c2cc(C([2H])([2H])[2H])c(C([2H])([2H])[2H])cn2)cc1.[2H]C([2H])([2H])c1ccc(-c2cc(C)c(C([2H])([2H])[2H])cn2)cc1.[2H][2H].[2H][2H].[2H][2H].[2H]c1c(C([2H])([2H])[2H])cnc(-c2[c-]ccc3c2sc2ccccc23)c1[2H].[2H]c1c(C([2H])([2H])[2H])cnc(-c2[c-]ccc3c2sc2ccccc23)c1[2H].[Ir].[Ir]. The Hall–Kier alpha value is -6.51. The average Bonchev–Trinajstić information content (AvgIpc) is 1.62. The molecule has 438 valence electrons.